The Hall–Kier alpha value is -0.830. The molecule has 0 saturated carbocycles. The summed E-state index contributed by atoms with van der Waals surface area (Å²) in [5, 5.41) is 2.91. The molecule has 0 fully saturated rings. The van der Waals surface area contributed by atoms with Gasteiger partial charge in [0.2, 0.25) is 5.91 Å². The van der Waals surface area contributed by atoms with Gasteiger partial charge in [0.05, 0.1) is 4.83 Å². The molecule has 1 amide bonds. The standard InChI is InChI=1S/C12H16BrNO/c1-8(2)10-6-4-5-7-11(10)14-12(15)9(3)13/h4-9H,1-3H3,(H,14,15). The van der Waals surface area contributed by atoms with E-state index in [4.69, 9.17) is 0 Å². The van der Waals surface area contributed by atoms with E-state index in [1.54, 1.807) is 0 Å². The molecule has 1 aromatic rings. The molecule has 3 heteroatoms. The first-order valence-electron chi connectivity index (χ1n) is 5.06. The number of anilines is 1. The van der Waals surface area contributed by atoms with E-state index in [0.29, 0.717) is 5.92 Å². The third-order valence-corrected chi connectivity index (χ3v) is 2.62. The highest BCUT2D eigenvalue weighted by atomic mass is 79.9. The number of nitrogens with one attached hydrogen (secondary N) is 1. The van der Waals surface area contributed by atoms with E-state index in [1.165, 1.54) is 5.56 Å². The highest BCUT2D eigenvalue weighted by molar-refractivity contribution is 9.10. The van der Waals surface area contributed by atoms with E-state index in [1.807, 2.05) is 31.2 Å². The molecule has 0 aromatic heterocycles. The van der Waals surface area contributed by atoms with Crippen LogP contribution in [0.5, 0.6) is 0 Å². The second-order valence-electron chi connectivity index (χ2n) is 3.85. The molecule has 0 spiro atoms. The van der Waals surface area contributed by atoms with Gasteiger partial charge in [-0.2, -0.15) is 0 Å². The van der Waals surface area contributed by atoms with Crippen LogP contribution in [0.1, 0.15) is 32.3 Å². The largest absolute Gasteiger partial charge is 0.325 e. The summed E-state index contributed by atoms with van der Waals surface area (Å²) in [5.74, 6) is 0.398. The summed E-state index contributed by atoms with van der Waals surface area (Å²) >= 11 is 3.25. The lowest BCUT2D eigenvalue weighted by Gasteiger charge is -2.14. The highest BCUT2D eigenvalue weighted by Gasteiger charge is 2.12. The van der Waals surface area contributed by atoms with Gasteiger partial charge in [-0.1, -0.05) is 48.0 Å². The number of hydrogen-bond acceptors (Lipinski definition) is 1. The minimum absolute atomic E-state index is 0.0110. The number of para-hydroxylation sites is 1. The van der Waals surface area contributed by atoms with Crippen LogP contribution in [0.2, 0.25) is 0 Å². The Balaban J connectivity index is 2.89. The van der Waals surface area contributed by atoms with Crippen molar-refractivity contribution < 1.29 is 4.79 Å². The van der Waals surface area contributed by atoms with E-state index >= 15 is 0 Å². The Morgan fingerprint density at radius 1 is 1.27 bits per heavy atom. The maximum atomic E-state index is 11.5. The van der Waals surface area contributed by atoms with Crippen LogP contribution in [-0.4, -0.2) is 10.7 Å². The van der Waals surface area contributed by atoms with Crippen molar-refractivity contribution in [2.45, 2.75) is 31.5 Å². The Morgan fingerprint density at radius 2 is 1.87 bits per heavy atom. The van der Waals surface area contributed by atoms with Crippen molar-refractivity contribution in [2.75, 3.05) is 5.32 Å². The van der Waals surface area contributed by atoms with Gasteiger partial charge in [0.25, 0.3) is 0 Å². The Bertz CT molecular complexity index is 347. The lowest BCUT2D eigenvalue weighted by atomic mass is 10.0. The van der Waals surface area contributed by atoms with Gasteiger partial charge in [-0.3, -0.25) is 4.79 Å². The summed E-state index contributed by atoms with van der Waals surface area (Å²) < 4.78 is 0. The zero-order valence-electron chi connectivity index (χ0n) is 9.25. The van der Waals surface area contributed by atoms with Gasteiger partial charge in [0.1, 0.15) is 0 Å². The molecule has 1 rings (SSSR count). The molecule has 0 aliphatic rings. The smallest absolute Gasteiger partial charge is 0.237 e. The first-order chi connectivity index (χ1) is 7.02. The predicted molar refractivity (Wildman–Crippen MR) is 67.5 cm³/mol. The van der Waals surface area contributed by atoms with Crippen LogP contribution in [0, 0.1) is 0 Å². The quantitative estimate of drug-likeness (QED) is 0.836. The predicted octanol–water partition coefficient (Wildman–Crippen LogP) is 3.53. The van der Waals surface area contributed by atoms with Gasteiger partial charge in [-0.15, -0.1) is 0 Å². The minimum Gasteiger partial charge on any atom is -0.325 e. The fraction of sp³-hybridized carbons (Fsp3) is 0.417. The fourth-order valence-corrected chi connectivity index (χ4v) is 1.46. The molecule has 1 aromatic carbocycles. The number of amides is 1. The number of carbonyl (C=O) groups is 1. The van der Waals surface area contributed by atoms with Crippen molar-refractivity contribution in [3.05, 3.63) is 29.8 Å². The number of carbonyl (C=O) groups excluding carboxylic acids is 1. The molecule has 0 heterocycles. The number of halogens is 1. The van der Waals surface area contributed by atoms with Gasteiger partial charge < -0.3 is 5.32 Å². The lowest BCUT2D eigenvalue weighted by molar-refractivity contribution is -0.115. The van der Waals surface area contributed by atoms with Crippen LogP contribution in [0.3, 0.4) is 0 Å². The summed E-state index contributed by atoms with van der Waals surface area (Å²) in [6.07, 6.45) is 0. The molecular weight excluding hydrogens is 254 g/mol. The topological polar surface area (TPSA) is 29.1 Å². The van der Waals surface area contributed by atoms with E-state index in [-0.39, 0.29) is 10.7 Å². The summed E-state index contributed by atoms with van der Waals surface area (Å²) in [5.41, 5.74) is 2.07. The Labute approximate surface area is 99.2 Å². The molecule has 0 bridgehead atoms. The van der Waals surface area contributed by atoms with Gasteiger partial charge in [-0.05, 0) is 24.5 Å². The Morgan fingerprint density at radius 3 is 2.40 bits per heavy atom. The van der Waals surface area contributed by atoms with Crippen molar-refractivity contribution in [2.24, 2.45) is 0 Å². The molecule has 0 radical (unpaired) electrons. The average molecular weight is 270 g/mol. The maximum Gasteiger partial charge on any atom is 0.237 e. The zero-order chi connectivity index (χ0) is 11.4. The zero-order valence-corrected chi connectivity index (χ0v) is 10.8. The van der Waals surface area contributed by atoms with E-state index in [9.17, 15) is 4.79 Å². The first kappa shape index (κ1) is 12.2. The van der Waals surface area contributed by atoms with E-state index in [0.717, 1.165) is 5.69 Å². The number of benzene rings is 1. The maximum absolute atomic E-state index is 11.5. The minimum atomic E-state index is -0.169. The first-order valence-corrected chi connectivity index (χ1v) is 5.97. The van der Waals surface area contributed by atoms with E-state index in [2.05, 4.69) is 35.1 Å². The van der Waals surface area contributed by atoms with Gasteiger partial charge >= 0.3 is 0 Å². The van der Waals surface area contributed by atoms with Gasteiger partial charge in [0, 0.05) is 5.69 Å². The second-order valence-corrected chi connectivity index (χ2v) is 5.22. The summed E-state index contributed by atoms with van der Waals surface area (Å²) in [7, 11) is 0. The van der Waals surface area contributed by atoms with Crippen LogP contribution in [-0.2, 0) is 4.79 Å². The van der Waals surface area contributed by atoms with Crippen molar-refractivity contribution in [3.8, 4) is 0 Å². The van der Waals surface area contributed by atoms with Gasteiger partial charge in [0.15, 0.2) is 0 Å². The van der Waals surface area contributed by atoms with Crippen molar-refractivity contribution in [1.29, 1.82) is 0 Å². The molecular formula is C12H16BrNO. The lowest BCUT2D eigenvalue weighted by Crippen LogP contribution is -2.20. The third-order valence-electron chi connectivity index (χ3n) is 2.20. The van der Waals surface area contributed by atoms with Crippen molar-refractivity contribution in [3.63, 3.8) is 0 Å². The number of hydrogen-bond donors (Lipinski definition) is 1. The molecule has 15 heavy (non-hydrogen) atoms. The molecule has 1 N–H and O–H groups in total. The van der Waals surface area contributed by atoms with Crippen LogP contribution in [0.4, 0.5) is 5.69 Å². The summed E-state index contributed by atoms with van der Waals surface area (Å²) in [4.78, 5) is 11.4. The van der Waals surface area contributed by atoms with Crippen molar-refractivity contribution in [1.82, 2.24) is 0 Å². The average Bonchev–Trinajstić information content (AvgIpc) is 2.18. The fourth-order valence-electron chi connectivity index (χ4n) is 1.35. The molecule has 0 saturated heterocycles. The molecule has 1 unspecified atom stereocenters. The van der Waals surface area contributed by atoms with Crippen LogP contribution < -0.4 is 5.32 Å². The highest BCUT2D eigenvalue weighted by Crippen LogP contribution is 2.23. The van der Waals surface area contributed by atoms with E-state index < -0.39 is 0 Å². The van der Waals surface area contributed by atoms with Crippen LogP contribution in [0.15, 0.2) is 24.3 Å². The Kier molecular flexibility index (Phi) is 4.33. The normalized spacial score (nSPS) is 12.6. The molecule has 82 valence electrons. The molecule has 0 aliphatic heterocycles. The summed E-state index contributed by atoms with van der Waals surface area (Å²) in [6.45, 7) is 6.04. The van der Waals surface area contributed by atoms with Crippen molar-refractivity contribution >= 4 is 27.5 Å². The second kappa shape index (κ2) is 5.31. The van der Waals surface area contributed by atoms with Crippen LogP contribution in [0.25, 0.3) is 0 Å². The molecule has 2 nitrogen and oxygen atoms in total. The van der Waals surface area contributed by atoms with Crippen LogP contribution >= 0.6 is 15.9 Å². The SMILES string of the molecule is CC(Br)C(=O)Nc1ccccc1C(C)C. The van der Waals surface area contributed by atoms with Gasteiger partial charge in [-0.25, -0.2) is 0 Å². The number of rotatable bonds is 3. The summed E-state index contributed by atoms with van der Waals surface area (Å²) in [6, 6.07) is 7.89. The number of alkyl halides is 1. The molecule has 0 aliphatic carbocycles. The molecule has 1 atom stereocenters. The monoisotopic (exact) mass is 269 g/mol. The third kappa shape index (κ3) is 3.34.